The maximum atomic E-state index is 11.5. The Bertz CT molecular complexity index is 609. The average Bonchev–Trinajstić information content (AvgIpc) is 2.52. The van der Waals surface area contributed by atoms with Crippen LogP contribution in [0.25, 0.3) is 0 Å². The lowest BCUT2D eigenvalue weighted by Crippen LogP contribution is -2.20. The van der Waals surface area contributed by atoms with E-state index >= 15 is 0 Å². The maximum Gasteiger partial charge on any atom is 0.259 e. The zero-order valence-corrected chi connectivity index (χ0v) is 10.1. The molecule has 1 N–H and O–H groups in total. The summed E-state index contributed by atoms with van der Waals surface area (Å²) in [5, 5.41) is 2.16. The van der Waals surface area contributed by atoms with E-state index in [1.807, 2.05) is 0 Å². The summed E-state index contributed by atoms with van der Waals surface area (Å²) in [4.78, 5) is 22.9. The van der Waals surface area contributed by atoms with Crippen molar-refractivity contribution in [1.29, 1.82) is 0 Å². The van der Waals surface area contributed by atoms with Crippen molar-refractivity contribution in [1.82, 2.24) is 5.32 Å². The highest BCUT2D eigenvalue weighted by Crippen LogP contribution is 2.21. The second-order valence-corrected chi connectivity index (χ2v) is 6.51. The van der Waals surface area contributed by atoms with Gasteiger partial charge in [0.15, 0.2) is 0 Å². The van der Waals surface area contributed by atoms with E-state index in [1.54, 1.807) is 12.1 Å². The Hall–Kier alpha value is -1.40. The van der Waals surface area contributed by atoms with Crippen LogP contribution in [0.2, 0.25) is 0 Å². The number of amides is 2. The van der Waals surface area contributed by atoms with E-state index in [4.69, 9.17) is 10.7 Å². The fourth-order valence-electron chi connectivity index (χ4n) is 1.73. The molecule has 1 aliphatic heterocycles. The van der Waals surface area contributed by atoms with Gasteiger partial charge in [0, 0.05) is 10.7 Å². The summed E-state index contributed by atoms with van der Waals surface area (Å²) >= 11 is 0. The molecule has 1 aromatic carbocycles. The summed E-state index contributed by atoms with van der Waals surface area (Å²) in [6.07, 6.45) is 0.107. The zero-order valence-electron chi connectivity index (χ0n) is 8.57. The minimum absolute atomic E-state index is 0.107. The Morgan fingerprint density at radius 2 is 1.88 bits per heavy atom. The molecule has 1 aliphatic rings. The number of hydrogen-bond acceptors (Lipinski definition) is 4. The third kappa shape index (κ3) is 2.48. The Labute approximate surface area is 102 Å². The topological polar surface area (TPSA) is 80.3 Å². The fourth-order valence-corrected chi connectivity index (χ4v) is 2.43. The normalized spacial score (nSPS) is 14.6. The van der Waals surface area contributed by atoms with Crippen molar-refractivity contribution in [2.75, 3.05) is 5.75 Å². The predicted octanol–water partition coefficient (Wildman–Crippen LogP) is 0.681. The first-order chi connectivity index (χ1) is 7.88. The van der Waals surface area contributed by atoms with Gasteiger partial charge in [-0.1, -0.05) is 12.1 Å². The SMILES string of the molecule is O=C1NC(=O)c2c(CCS(=O)(=O)Cl)cccc21. The van der Waals surface area contributed by atoms with Gasteiger partial charge < -0.3 is 0 Å². The Balaban J connectivity index is 2.38. The number of carbonyl (C=O) groups is 2. The van der Waals surface area contributed by atoms with Crippen molar-refractivity contribution in [2.45, 2.75) is 6.42 Å². The highest BCUT2D eigenvalue weighted by molar-refractivity contribution is 8.13. The fraction of sp³-hybridized carbons (Fsp3) is 0.200. The van der Waals surface area contributed by atoms with Gasteiger partial charge in [-0.3, -0.25) is 14.9 Å². The van der Waals surface area contributed by atoms with Crippen molar-refractivity contribution in [3.8, 4) is 0 Å². The lowest BCUT2D eigenvalue weighted by Gasteiger charge is -2.03. The van der Waals surface area contributed by atoms with E-state index in [0.717, 1.165) is 0 Å². The van der Waals surface area contributed by atoms with E-state index in [1.165, 1.54) is 6.07 Å². The van der Waals surface area contributed by atoms with Crippen LogP contribution in [0.15, 0.2) is 18.2 Å². The smallest absolute Gasteiger partial charge is 0.259 e. The monoisotopic (exact) mass is 273 g/mol. The van der Waals surface area contributed by atoms with E-state index in [0.29, 0.717) is 5.56 Å². The van der Waals surface area contributed by atoms with E-state index in [2.05, 4.69) is 5.32 Å². The van der Waals surface area contributed by atoms with Gasteiger partial charge in [-0.2, -0.15) is 0 Å². The van der Waals surface area contributed by atoms with Crippen LogP contribution in [-0.2, 0) is 15.5 Å². The van der Waals surface area contributed by atoms with Crippen molar-refractivity contribution < 1.29 is 18.0 Å². The number of carbonyl (C=O) groups excluding carboxylic acids is 2. The van der Waals surface area contributed by atoms with Gasteiger partial charge in [0.25, 0.3) is 11.8 Å². The van der Waals surface area contributed by atoms with Gasteiger partial charge >= 0.3 is 0 Å². The van der Waals surface area contributed by atoms with Crippen LogP contribution in [0, 0.1) is 0 Å². The third-order valence-corrected chi connectivity index (χ3v) is 3.62. The number of rotatable bonds is 3. The molecular formula is C10H8ClNO4S. The average molecular weight is 274 g/mol. The summed E-state index contributed by atoms with van der Waals surface area (Å²) in [5.41, 5.74) is 1.03. The Kier molecular flexibility index (Phi) is 2.92. The molecule has 0 radical (unpaired) electrons. The lowest BCUT2D eigenvalue weighted by molar-refractivity contribution is 0.0879. The number of aryl methyl sites for hydroxylation is 1. The number of imide groups is 1. The van der Waals surface area contributed by atoms with Gasteiger partial charge in [-0.05, 0) is 18.1 Å². The minimum Gasteiger partial charge on any atom is -0.288 e. The molecule has 0 saturated carbocycles. The van der Waals surface area contributed by atoms with Crippen LogP contribution in [0.3, 0.4) is 0 Å². The molecule has 1 aromatic rings. The summed E-state index contributed by atoms with van der Waals surface area (Å²) in [5.74, 6) is -1.22. The van der Waals surface area contributed by atoms with E-state index in [-0.39, 0.29) is 23.3 Å². The minimum atomic E-state index is -3.62. The van der Waals surface area contributed by atoms with Crippen molar-refractivity contribution in [3.63, 3.8) is 0 Å². The number of nitrogens with one attached hydrogen (secondary N) is 1. The summed E-state index contributed by atoms with van der Waals surface area (Å²) in [7, 11) is 1.49. The number of halogens is 1. The first-order valence-electron chi connectivity index (χ1n) is 4.78. The van der Waals surface area contributed by atoms with Crippen LogP contribution in [0.4, 0.5) is 0 Å². The van der Waals surface area contributed by atoms with Crippen LogP contribution < -0.4 is 5.32 Å². The van der Waals surface area contributed by atoms with Crippen LogP contribution >= 0.6 is 10.7 Å². The zero-order chi connectivity index (χ0) is 12.6. The van der Waals surface area contributed by atoms with E-state index < -0.39 is 20.9 Å². The van der Waals surface area contributed by atoms with Gasteiger partial charge in [0.2, 0.25) is 9.05 Å². The molecule has 5 nitrogen and oxygen atoms in total. The Morgan fingerprint density at radius 3 is 2.53 bits per heavy atom. The second-order valence-electron chi connectivity index (χ2n) is 3.62. The van der Waals surface area contributed by atoms with Gasteiger partial charge in [-0.15, -0.1) is 0 Å². The molecule has 2 amide bonds. The molecule has 0 spiro atoms. The molecular weight excluding hydrogens is 266 g/mol. The summed E-state index contributed by atoms with van der Waals surface area (Å²) in [6, 6.07) is 4.74. The first-order valence-corrected chi connectivity index (χ1v) is 7.26. The molecule has 0 unspecified atom stereocenters. The number of fused-ring (bicyclic) bond motifs is 1. The number of hydrogen-bond donors (Lipinski definition) is 1. The van der Waals surface area contributed by atoms with Gasteiger partial charge in [0.05, 0.1) is 16.9 Å². The van der Waals surface area contributed by atoms with Crippen molar-refractivity contribution in [2.24, 2.45) is 0 Å². The second kappa shape index (κ2) is 4.12. The molecule has 0 saturated heterocycles. The third-order valence-electron chi connectivity index (χ3n) is 2.46. The van der Waals surface area contributed by atoms with Gasteiger partial charge in [-0.25, -0.2) is 8.42 Å². The quantitative estimate of drug-likeness (QED) is 0.649. The lowest BCUT2D eigenvalue weighted by atomic mass is 10.0. The highest BCUT2D eigenvalue weighted by atomic mass is 35.7. The predicted molar refractivity (Wildman–Crippen MR) is 61.6 cm³/mol. The molecule has 0 aromatic heterocycles. The molecule has 0 atom stereocenters. The molecule has 7 heteroatoms. The molecule has 90 valence electrons. The molecule has 2 rings (SSSR count). The highest BCUT2D eigenvalue weighted by Gasteiger charge is 2.29. The summed E-state index contributed by atoms with van der Waals surface area (Å²) < 4.78 is 21.7. The molecule has 1 heterocycles. The van der Waals surface area contributed by atoms with Gasteiger partial charge in [0.1, 0.15) is 0 Å². The molecule has 0 aliphatic carbocycles. The standard InChI is InChI=1S/C10H8ClNO4S/c11-17(15,16)5-4-6-2-1-3-7-8(6)10(14)12-9(7)13/h1-3H,4-5H2,(H,12,13,14). The largest absolute Gasteiger partial charge is 0.288 e. The molecule has 17 heavy (non-hydrogen) atoms. The van der Waals surface area contributed by atoms with E-state index in [9.17, 15) is 18.0 Å². The molecule has 0 bridgehead atoms. The maximum absolute atomic E-state index is 11.5. The van der Waals surface area contributed by atoms with Crippen LogP contribution in [-0.4, -0.2) is 26.0 Å². The van der Waals surface area contributed by atoms with Crippen molar-refractivity contribution >= 4 is 31.5 Å². The van der Waals surface area contributed by atoms with Crippen LogP contribution in [0.5, 0.6) is 0 Å². The molecule has 0 fully saturated rings. The van der Waals surface area contributed by atoms with Crippen LogP contribution in [0.1, 0.15) is 26.3 Å². The first kappa shape index (κ1) is 12.1. The Morgan fingerprint density at radius 1 is 1.18 bits per heavy atom. The van der Waals surface area contributed by atoms with Crippen molar-refractivity contribution in [3.05, 3.63) is 34.9 Å². The summed E-state index contributed by atoms with van der Waals surface area (Å²) in [6.45, 7) is 0. The number of benzene rings is 1.